The SMILES string of the molecule is CCOc1ccccc1CN(Cc1ccccc1)C(=S)Nc1ccc(Cl)c(Cl)c1. The van der Waals surface area contributed by atoms with Gasteiger partial charge in [0.2, 0.25) is 0 Å². The summed E-state index contributed by atoms with van der Waals surface area (Å²) < 4.78 is 5.79. The van der Waals surface area contributed by atoms with Crippen molar-refractivity contribution >= 4 is 46.2 Å². The van der Waals surface area contributed by atoms with Crippen LogP contribution in [0.2, 0.25) is 10.0 Å². The summed E-state index contributed by atoms with van der Waals surface area (Å²) in [7, 11) is 0. The second-order valence-electron chi connectivity index (χ2n) is 6.44. The van der Waals surface area contributed by atoms with Gasteiger partial charge in [-0.1, -0.05) is 71.7 Å². The zero-order valence-electron chi connectivity index (χ0n) is 16.1. The van der Waals surface area contributed by atoms with Gasteiger partial charge in [-0.3, -0.25) is 0 Å². The first-order valence-electron chi connectivity index (χ1n) is 9.32. The van der Waals surface area contributed by atoms with Gasteiger partial charge in [0, 0.05) is 24.3 Å². The standard InChI is InChI=1S/C23H22Cl2N2OS/c1-2-28-22-11-7-6-10-18(22)16-27(15-17-8-4-3-5-9-17)23(29)26-19-12-13-20(24)21(25)14-19/h3-14H,2,15-16H2,1H3,(H,26,29). The minimum Gasteiger partial charge on any atom is -0.494 e. The number of hydrogen-bond acceptors (Lipinski definition) is 2. The summed E-state index contributed by atoms with van der Waals surface area (Å²) >= 11 is 17.9. The maximum Gasteiger partial charge on any atom is 0.174 e. The normalized spacial score (nSPS) is 10.4. The lowest BCUT2D eigenvalue weighted by molar-refractivity contribution is 0.327. The monoisotopic (exact) mass is 444 g/mol. The van der Waals surface area contributed by atoms with Gasteiger partial charge in [0.25, 0.3) is 0 Å². The fourth-order valence-corrected chi connectivity index (χ4v) is 3.46. The number of hydrogen-bond donors (Lipinski definition) is 1. The molecule has 0 radical (unpaired) electrons. The number of halogens is 2. The highest BCUT2D eigenvalue weighted by atomic mass is 35.5. The lowest BCUT2D eigenvalue weighted by Crippen LogP contribution is -2.34. The Morgan fingerprint density at radius 3 is 2.38 bits per heavy atom. The summed E-state index contributed by atoms with van der Waals surface area (Å²) in [6.07, 6.45) is 0. The molecule has 0 saturated carbocycles. The van der Waals surface area contributed by atoms with Crippen LogP contribution in [0.5, 0.6) is 5.75 Å². The largest absolute Gasteiger partial charge is 0.494 e. The number of thiocarbonyl (C=S) groups is 1. The molecule has 0 unspecified atom stereocenters. The van der Waals surface area contributed by atoms with Gasteiger partial charge in [0.1, 0.15) is 5.75 Å². The number of ether oxygens (including phenoxy) is 1. The molecule has 0 amide bonds. The van der Waals surface area contributed by atoms with E-state index in [9.17, 15) is 0 Å². The Labute approximate surface area is 187 Å². The zero-order valence-corrected chi connectivity index (χ0v) is 18.4. The summed E-state index contributed by atoms with van der Waals surface area (Å²) in [6.45, 7) is 3.86. The van der Waals surface area contributed by atoms with E-state index < -0.39 is 0 Å². The van der Waals surface area contributed by atoms with Crippen molar-refractivity contribution in [3.8, 4) is 5.75 Å². The zero-order chi connectivity index (χ0) is 20.6. The highest BCUT2D eigenvalue weighted by Gasteiger charge is 2.15. The van der Waals surface area contributed by atoms with Crippen molar-refractivity contribution in [2.24, 2.45) is 0 Å². The molecule has 0 saturated heterocycles. The third-order valence-electron chi connectivity index (χ3n) is 4.31. The van der Waals surface area contributed by atoms with E-state index in [1.54, 1.807) is 12.1 Å². The molecule has 150 valence electrons. The molecule has 0 bridgehead atoms. The average molecular weight is 445 g/mol. The molecular weight excluding hydrogens is 423 g/mol. The molecule has 0 aliphatic carbocycles. The van der Waals surface area contributed by atoms with Crippen LogP contribution < -0.4 is 10.1 Å². The summed E-state index contributed by atoms with van der Waals surface area (Å²) in [5, 5.41) is 4.86. The maximum atomic E-state index is 6.15. The van der Waals surface area contributed by atoms with E-state index in [0.29, 0.717) is 34.9 Å². The number of anilines is 1. The number of rotatable bonds is 7. The molecule has 6 heteroatoms. The Morgan fingerprint density at radius 2 is 1.66 bits per heavy atom. The highest BCUT2D eigenvalue weighted by Crippen LogP contribution is 2.26. The Bertz CT molecular complexity index is 966. The minimum atomic E-state index is 0.482. The first-order chi connectivity index (χ1) is 14.1. The topological polar surface area (TPSA) is 24.5 Å². The number of nitrogens with one attached hydrogen (secondary N) is 1. The second-order valence-corrected chi connectivity index (χ2v) is 7.64. The van der Waals surface area contributed by atoms with Crippen molar-refractivity contribution in [3.05, 3.63) is 94.0 Å². The first-order valence-corrected chi connectivity index (χ1v) is 10.5. The molecule has 3 nitrogen and oxygen atoms in total. The molecule has 0 atom stereocenters. The molecule has 0 fully saturated rings. The molecule has 0 aliphatic rings. The maximum absolute atomic E-state index is 6.15. The fraction of sp³-hybridized carbons (Fsp3) is 0.174. The van der Waals surface area contributed by atoms with Gasteiger partial charge in [-0.2, -0.15) is 0 Å². The highest BCUT2D eigenvalue weighted by molar-refractivity contribution is 7.80. The van der Waals surface area contributed by atoms with E-state index in [1.807, 2.05) is 49.4 Å². The van der Waals surface area contributed by atoms with E-state index in [1.165, 1.54) is 5.56 Å². The summed E-state index contributed by atoms with van der Waals surface area (Å²) in [5.41, 5.74) is 3.03. The predicted molar refractivity (Wildman–Crippen MR) is 126 cm³/mol. The minimum absolute atomic E-state index is 0.482. The van der Waals surface area contributed by atoms with Crippen LogP contribution in [0.25, 0.3) is 0 Å². The van der Waals surface area contributed by atoms with Crippen LogP contribution in [0, 0.1) is 0 Å². The van der Waals surface area contributed by atoms with Crippen molar-refractivity contribution in [1.29, 1.82) is 0 Å². The van der Waals surface area contributed by atoms with Crippen molar-refractivity contribution in [3.63, 3.8) is 0 Å². The first kappa shape index (κ1) is 21.4. The smallest absolute Gasteiger partial charge is 0.174 e. The quantitative estimate of drug-likeness (QED) is 0.405. The van der Waals surface area contributed by atoms with Crippen LogP contribution in [-0.4, -0.2) is 16.6 Å². The van der Waals surface area contributed by atoms with E-state index >= 15 is 0 Å². The molecule has 0 aliphatic heterocycles. The van der Waals surface area contributed by atoms with Gasteiger partial charge in [0.15, 0.2) is 5.11 Å². The van der Waals surface area contributed by atoms with Crippen LogP contribution in [0.3, 0.4) is 0 Å². The third kappa shape index (κ3) is 6.10. The van der Waals surface area contributed by atoms with Gasteiger partial charge in [-0.15, -0.1) is 0 Å². The number of benzene rings is 3. The second kappa shape index (κ2) is 10.5. The van der Waals surface area contributed by atoms with Crippen LogP contribution in [0.4, 0.5) is 5.69 Å². The molecule has 3 aromatic rings. The van der Waals surface area contributed by atoms with Gasteiger partial charge in [-0.25, -0.2) is 0 Å². The van der Waals surface area contributed by atoms with E-state index in [-0.39, 0.29) is 0 Å². The van der Waals surface area contributed by atoms with Crippen LogP contribution in [0.1, 0.15) is 18.1 Å². The Morgan fingerprint density at radius 1 is 0.931 bits per heavy atom. The Kier molecular flexibility index (Phi) is 7.76. The van der Waals surface area contributed by atoms with Crippen molar-refractivity contribution < 1.29 is 4.74 Å². The van der Waals surface area contributed by atoms with Crippen molar-refractivity contribution in [2.75, 3.05) is 11.9 Å². The summed E-state index contributed by atoms with van der Waals surface area (Å²) in [6, 6.07) is 23.6. The van der Waals surface area contributed by atoms with E-state index in [2.05, 4.69) is 28.4 Å². The predicted octanol–water partition coefficient (Wildman–Crippen LogP) is 6.79. The van der Waals surface area contributed by atoms with E-state index in [0.717, 1.165) is 17.0 Å². The lowest BCUT2D eigenvalue weighted by Gasteiger charge is -2.27. The lowest BCUT2D eigenvalue weighted by atomic mass is 10.1. The molecule has 0 spiro atoms. The molecule has 1 N–H and O–H groups in total. The average Bonchev–Trinajstić information content (AvgIpc) is 2.72. The molecule has 3 aromatic carbocycles. The third-order valence-corrected chi connectivity index (χ3v) is 5.41. The Hall–Kier alpha value is -2.27. The number of nitrogens with zero attached hydrogens (tertiary/aromatic N) is 1. The molecule has 29 heavy (non-hydrogen) atoms. The van der Waals surface area contributed by atoms with Gasteiger partial charge in [0.05, 0.1) is 16.7 Å². The molecule has 0 heterocycles. The van der Waals surface area contributed by atoms with Gasteiger partial charge >= 0.3 is 0 Å². The van der Waals surface area contributed by atoms with Crippen LogP contribution in [0.15, 0.2) is 72.8 Å². The summed E-state index contributed by atoms with van der Waals surface area (Å²) in [4.78, 5) is 2.10. The summed E-state index contributed by atoms with van der Waals surface area (Å²) in [5.74, 6) is 0.866. The van der Waals surface area contributed by atoms with Crippen molar-refractivity contribution in [1.82, 2.24) is 4.90 Å². The number of para-hydroxylation sites is 1. The molecule has 0 aromatic heterocycles. The van der Waals surface area contributed by atoms with Crippen LogP contribution >= 0.6 is 35.4 Å². The van der Waals surface area contributed by atoms with E-state index in [4.69, 9.17) is 40.2 Å². The van der Waals surface area contributed by atoms with Gasteiger partial charge < -0.3 is 15.0 Å². The van der Waals surface area contributed by atoms with Gasteiger partial charge in [-0.05, 0) is 49.0 Å². The fourth-order valence-electron chi connectivity index (χ4n) is 2.92. The van der Waals surface area contributed by atoms with Crippen molar-refractivity contribution in [2.45, 2.75) is 20.0 Å². The molecular formula is C23H22Cl2N2OS. The Balaban J connectivity index is 1.84. The molecule has 3 rings (SSSR count). The van der Waals surface area contributed by atoms with Crippen LogP contribution in [-0.2, 0) is 13.1 Å².